The Hall–Kier alpha value is -2.13. The number of amides is 3. The Morgan fingerprint density at radius 1 is 1.11 bits per heavy atom. The molecule has 156 valence electrons. The first-order valence-corrected chi connectivity index (χ1v) is 9.54. The lowest BCUT2D eigenvalue weighted by molar-refractivity contribution is -1.02. The third-order valence-electron chi connectivity index (χ3n) is 4.71. The molecule has 1 aliphatic heterocycles. The van der Waals surface area contributed by atoms with Crippen molar-refractivity contribution in [3.8, 4) is 0 Å². The van der Waals surface area contributed by atoms with Crippen LogP contribution < -0.4 is 20.4 Å². The van der Waals surface area contributed by atoms with E-state index in [9.17, 15) is 22.8 Å². The van der Waals surface area contributed by atoms with Crippen LogP contribution in [0.3, 0.4) is 0 Å². The molecule has 1 aliphatic rings. The Kier molecular flexibility index (Phi) is 7.82. The SMILES string of the molecule is CC(C)CNC(=O)NC(=O)C[NH+]1CC[NH+](Cc2cccc(C(F)(F)F)c2)CC1. The molecule has 1 aromatic carbocycles. The minimum Gasteiger partial charge on any atom is -0.338 e. The van der Waals surface area contributed by atoms with E-state index in [2.05, 4.69) is 10.6 Å². The fourth-order valence-electron chi connectivity index (χ4n) is 3.20. The van der Waals surface area contributed by atoms with E-state index < -0.39 is 17.8 Å². The van der Waals surface area contributed by atoms with E-state index >= 15 is 0 Å². The third-order valence-corrected chi connectivity index (χ3v) is 4.71. The minimum atomic E-state index is -4.33. The van der Waals surface area contributed by atoms with Crippen LogP contribution >= 0.6 is 0 Å². The number of nitrogens with one attached hydrogen (secondary N) is 4. The van der Waals surface area contributed by atoms with Gasteiger partial charge in [-0.3, -0.25) is 10.1 Å². The molecule has 0 unspecified atom stereocenters. The van der Waals surface area contributed by atoms with Gasteiger partial charge in [-0.1, -0.05) is 26.0 Å². The van der Waals surface area contributed by atoms with Gasteiger partial charge in [0.25, 0.3) is 5.91 Å². The minimum absolute atomic E-state index is 0.214. The van der Waals surface area contributed by atoms with E-state index in [1.165, 1.54) is 17.0 Å². The monoisotopic (exact) mass is 402 g/mol. The van der Waals surface area contributed by atoms with Crippen molar-refractivity contribution in [3.05, 3.63) is 35.4 Å². The van der Waals surface area contributed by atoms with Gasteiger partial charge in [-0.2, -0.15) is 13.2 Å². The summed E-state index contributed by atoms with van der Waals surface area (Å²) in [7, 11) is 0. The maximum atomic E-state index is 12.8. The summed E-state index contributed by atoms with van der Waals surface area (Å²) >= 11 is 0. The maximum absolute atomic E-state index is 12.8. The molecule has 0 atom stereocenters. The Balaban J connectivity index is 1.74. The van der Waals surface area contributed by atoms with Crippen molar-refractivity contribution in [2.24, 2.45) is 5.92 Å². The average molecular weight is 402 g/mol. The molecule has 0 spiro atoms. The smallest absolute Gasteiger partial charge is 0.338 e. The molecular formula is C19H29F3N4O2+2. The van der Waals surface area contributed by atoms with Gasteiger partial charge in [0.05, 0.1) is 5.56 Å². The molecule has 2 rings (SSSR count). The third kappa shape index (κ3) is 7.47. The topological polar surface area (TPSA) is 67.1 Å². The van der Waals surface area contributed by atoms with Gasteiger partial charge in [0.2, 0.25) is 0 Å². The number of piperazine rings is 1. The van der Waals surface area contributed by atoms with Crippen molar-refractivity contribution in [2.75, 3.05) is 39.3 Å². The van der Waals surface area contributed by atoms with E-state index in [-0.39, 0.29) is 12.5 Å². The number of benzene rings is 1. The number of rotatable bonds is 6. The van der Waals surface area contributed by atoms with Crippen molar-refractivity contribution >= 4 is 11.9 Å². The fourth-order valence-corrected chi connectivity index (χ4v) is 3.20. The number of imide groups is 1. The van der Waals surface area contributed by atoms with Crippen LogP contribution in [0.4, 0.5) is 18.0 Å². The maximum Gasteiger partial charge on any atom is 0.416 e. The van der Waals surface area contributed by atoms with E-state index in [4.69, 9.17) is 0 Å². The molecule has 0 saturated carbocycles. The first-order valence-electron chi connectivity index (χ1n) is 9.54. The molecule has 0 radical (unpaired) electrons. The van der Waals surface area contributed by atoms with Crippen molar-refractivity contribution in [2.45, 2.75) is 26.6 Å². The Morgan fingerprint density at radius 3 is 2.36 bits per heavy atom. The average Bonchev–Trinajstić information content (AvgIpc) is 2.61. The molecule has 0 bridgehead atoms. The predicted molar refractivity (Wildman–Crippen MR) is 97.8 cm³/mol. The van der Waals surface area contributed by atoms with Crippen LogP contribution in [-0.2, 0) is 17.5 Å². The molecule has 0 aliphatic carbocycles. The quantitative estimate of drug-likeness (QED) is 0.517. The van der Waals surface area contributed by atoms with Crippen LogP contribution in [0.5, 0.6) is 0 Å². The van der Waals surface area contributed by atoms with Crippen LogP contribution in [0.2, 0.25) is 0 Å². The molecule has 4 N–H and O–H groups in total. The molecule has 9 heteroatoms. The van der Waals surface area contributed by atoms with Gasteiger partial charge in [-0.25, -0.2) is 4.79 Å². The summed E-state index contributed by atoms with van der Waals surface area (Å²) in [6, 6.07) is 4.96. The Bertz CT molecular complexity index is 671. The summed E-state index contributed by atoms with van der Waals surface area (Å²) in [4.78, 5) is 25.8. The molecule has 1 fully saturated rings. The van der Waals surface area contributed by atoms with Gasteiger partial charge in [-0.15, -0.1) is 0 Å². The van der Waals surface area contributed by atoms with Gasteiger partial charge in [0, 0.05) is 12.1 Å². The highest BCUT2D eigenvalue weighted by molar-refractivity contribution is 5.94. The number of quaternary nitrogens is 2. The Morgan fingerprint density at radius 2 is 1.75 bits per heavy atom. The number of hydrogen-bond acceptors (Lipinski definition) is 2. The second kappa shape index (κ2) is 9.88. The molecule has 6 nitrogen and oxygen atoms in total. The van der Waals surface area contributed by atoms with Crippen LogP contribution in [0.25, 0.3) is 0 Å². The lowest BCUT2D eigenvalue weighted by Crippen LogP contribution is -3.28. The van der Waals surface area contributed by atoms with Crippen LogP contribution in [-0.4, -0.2) is 51.2 Å². The largest absolute Gasteiger partial charge is 0.416 e. The lowest BCUT2D eigenvalue weighted by atomic mass is 10.1. The molecule has 3 amide bonds. The first kappa shape index (κ1) is 22.2. The van der Waals surface area contributed by atoms with Crippen molar-refractivity contribution in [1.82, 2.24) is 10.6 Å². The van der Waals surface area contributed by atoms with Gasteiger partial charge in [0.15, 0.2) is 6.54 Å². The summed E-state index contributed by atoms with van der Waals surface area (Å²) in [5.74, 6) is -0.0167. The molecule has 1 saturated heterocycles. The molecule has 1 aromatic rings. The standard InChI is InChI=1S/C19H27F3N4O2/c1-14(2)11-23-18(28)24-17(27)13-26-8-6-25(7-9-26)12-15-4-3-5-16(10-15)19(20,21)22/h3-5,10,14H,6-9,11-13H2,1-2H3,(H2,23,24,27,28)/p+2. The zero-order valence-corrected chi connectivity index (χ0v) is 16.3. The lowest BCUT2D eigenvalue weighted by Gasteiger charge is -2.29. The summed E-state index contributed by atoms with van der Waals surface area (Å²) in [5.41, 5.74) is 0.0360. The van der Waals surface area contributed by atoms with E-state index in [0.717, 1.165) is 37.1 Å². The summed E-state index contributed by atoms with van der Waals surface area (Å²) in [6.07, 6.45) is -4.33. The van der Waals surface area contributed by atoms with E-state index in [0.29, 0.717) is 24.6 Å². The van der Waals surface area contributed by atoms with Gasteiger partial charge in [-0.05, 0) is 18.1 Å². The van der Waals surface area contributed by atoms with Gasteiger partial charge >= 0.3 is 12.2 Å². The number of hydrogen-bond donors (Lipinski definition) is 4. The highest BCUT2D eigenvalue weighted by Crippen LogP contribution is 2.29. The van der Waals surface area contributed by atoms with Crippen LogP contribution in [0.1, 0.15) is 25.0 Å². The van der Waals surface area contributed by atoms with Crippen LogP contribution in [0.15, 0.2) is 24.3 Å². The number of urea groups is 1. The molecule has 1 heterocycles. The first-order chi connectivity index (χ1) is 13.1. The molecule has 28 heavy (non-hydrogen) atoms. The van der Waals surface area contributed by atoms with Gasteiger partial charge < -0.3 is 15.1 Å². The highest BCUT2D eigenvalue weighted by atomic mass is 19.4. The zero-order chi connectivity index (χ0) is 20.7. The predicted octanol–water partition coefficient (Wildman–Crippen LogP) is -0.529. The van der Waals surface area contributed by atoms with E-state index in [1.54, 1.807) is 6.07 Å². The number of carbonyl (C=O) groups is 2. The summed E-state index contributed by atoms with van der Waals surface area (Å²) in [5, 5.41) is 4.97. The fraction of sp³-hybridized carbons (Fsp3) is 0.579. The Labute approximate surface area is 163 Å². The summed E-state index contributed by atoms with van der Waals surface area (Å²) < 4.78 is 38.5. The number of halogens is 3. The summed E-state index contributed by atoms with van der Waals surface area (Å²) in [6.45, 7) is 8.17. The van der Waals surface area contributed by atoms with E-state index in [1.807, 2.05) is 13.8 Å². The van der Waals surface area contributed by atoms with Gasteiger partial charge in [0.1, 0.15) is 32.7 Å². The van der Waals surface area contributed by atoms with Crippen molar-refractivity contribution in [1.29, 1.82) is 0 Å². The van der Waals surface area contributed by atoms with Crippen molar-refractivity contribution < 1.29 is 32.6 Å². The highest BCUT2D eigenvalue weighted by Gasteiger charge is 2.31. The number of carbonyl (C=O) groups excluding carboxylic acids is 2. The number of alkyl halides is 3. The zero-order valence-electron chi connectivity index (χ0n) is 16.3. The second-order valence-electron chi connectivity index (χ2n) is 7.70. The van der Waals surface area contributed by atoms with Crippen molar-refractivity contribution in [3.63, 3.8) is 0 Å². The second-order valence-corrected chi connectivity index (χ2v) is 7.70. The van der Waals surface area contributed by atoms with Crippen LogP contribution in [0, 0.1) is 5.92 Å². The molecular weight excluding hydrogens is 373 g/mol. The molecule has 0 aromatic heterocycles. The normalized spacial score (nSPS) is 20.1.